The van der Waals surface area contributed by atoms with E-state index in [0.717, 1.165) is 29.6 Å². The van der Waals surface area contributed by atoms with Gasteiger partial charge in [-0.05, 0) is 38.0 Å². The molecule has 0 spiro atoms. The van der Waals surface area contributed by atoms with Gasteiger partial charge in [0.1, 0.15) is 11.5 Å². The van der Waals surface area contributed by atoms with E-state index in [9.17, 15) is 9.59 Å². The number of fused-ring (bicyclic) bond motifs is 1. The summed E-state index contributed by atoms with van der Waals surface area (Å²) in [6, 6.07) is 6.57. The van der Waals surface area contributed by atoms with Gasteiger partial charge in [0.05, 0.1) is 16.6 Å². The van der Waals surface area contributed by atoms with Crippen LogP contribution >= 0.6 is 0 Å². The Morgan fingerprint density at radius 1 is 1.27 bits per heavy atom. The van der Waals surface area contributed by atoms with Gasteiger partial charge < -0.3 is 11.1 Å². The first-order valence-corrected chi connectivity index (χ1v) is 8.36. The van der Waals surface area contributed by atoms with Crippen LogP contribution in [0.5, 0.6) is 0 Å². The zero-order valence-electron chi connectivity index (χ0n) is 14.5. The third-order valence-electron chi connectivity index (χ3n) is 4.47. The largest absolute Gasteiger partial charge is 0.364 e. The zero-order chi connectivity index (χ0) is 18.4. The summed E-state index contributed by atoms with van der Waals surface area (Å²) in [6.07, 6.45) is 2.16. The number of hydrogen-bond acceptors (Lipinski definition) is 5. The van der Waals surface area contributed by atoms with Gasteiger partial charge in [-0.2, -0.15) is 5.10 Å². The molecule has 3 aromatic rings. The van der Waals surface area contributed by atoms with Crippen molar-refractivity contribution in [1.82, 2.24) is 19.7 Å². The second-order valence-electron chi connectivity index (χ2n) is 6.50. The van der Waals surface area contributed by atoms with Crippen molar-refractivity contribution in [3.8, 4) is 0 Å². The van der Waals surface area contributed by atoms with Crippen molar-refractivity contribution in [3.63, 3.8) is 0 Å². The van der Waals surface area contributed by atoms with Gasteiger partial charge in [0.15, 0.2) is 5.65 Å². The molecular weight excluding hydrogens is 332 g/mol. The average molecular weight is 350 g/mol. The van der Waals surface area contributed by atoms with Crippen LogP contribution in [0.3, 0.4) is 0 Å². The maximum atomic E-state index is 12.9. The van der Waals surface area contributed by atoms with E-state index in [2.05, 4.69) is 20.4 Å². The summed E-state index contributed by atoms with van der Waals surface area (Å²) in [6.45, 7) is 1.85. The summed E-state index contributed by atoms with van der Waals surface area (Å²) in [5.41, 5.74) is 8.19. The fourth-order valence-corrected chi connectivity index (χ4v) is 3.06. The van der Waals surface area contributed by atoms with Crippen LogP contribution in [-0.4, -0.2) is 31.6 Å². The molecule has 1 aliphatic rings. The van der Waals surface area contributed by atoms with Crippen LogP contribution in [0.2, 0.25) is 0 Å². The lowest BCUT2D eigenvalue weighted by Gasteiger charge is -2.09. The topological polar surface area (TPSA) is 116 Å². The van der Waals surface area contributed by atoms with Crippen LogP contribution in [0.4, 0.5) is 5.82 Å². The second kappa shape index (κ2) is 5.91. The molecule has 1 saturated carbocycles. The van der Waals surface area contributed by atoms with Crippen LogP contribution in [-0.2, 0) is 7.05 Å². The van der Waals surface area contributed by atoms with Crippen molar-refractivity contribution in [3.05, 3.63) is 46.9 Å². The number of hydrogen-bond donors (Lipinski definition) is 2. The lowest BCUT2D eigenvalue weighted by molar-refractivity contribution is 0.0991. The van der Waals surface area contributed by atoms with Crippen molar-refractivity contribution in [1.29, 1.82) is 0 Å². The lowest BCUT2D eigenvalue weighted by atomic mass is 10.1. The predicted octanol–water partition coefficient (Wildman–Crippen LogP) is 1.90. The number of aryl methyl sites for hydroxylation is 2. The van der Waals surface area contributed by atoms with E-state index in [0.29, 0.717) is 17.1 Å². The Labute approximate surface area is 149 Å². The molecule has 0 aliphatic heterocycles. The molecule has 3 N–H and O–H groups in total. The molecule has 8 heteroatoms. The highest BCUT2D eigenvalue weighted by Gasteiger charge is 2.28. The minimum Gasteiger partial charge on any atom is -0.364 e. The number of carbonyl (C=O) groups is 2. The molecule has 1 fully saturated rings. The molecule has 3 aromatic heterocycles. The smallest absolute Gasteiger partial charge is 0.267 e. The first kappa shape index (κ1) is 16.2. The molecular formula is C18H18N6O2. The van der Waals surface area contributed by atoms with Gasteiger partial charge >= 0.3 is 0 Å². The number of carbonyl (C=O) groups excluding carboxylic acids is 2. The first-order valence-electron chi connectivity index (χ1n) is 8.36. The van der Waals surface area contributed by atoms with Gasteiger partial charge in [0.2, 0.25) is 0 Å². The molecule has 0 radical (unpaired) electrons. The molecule has 132 valence electrons. The third-order valence-corrected chi connectivity index (χ3v) is 4.47. The molecule has 0 unspecified atom stereocenters. The van der Waals surface area contributed by atoms with Crippen molar-refractivity contribution in [2.45, 2.75) is 25.7 Å². The molecule has 8 nitrogen and oxygen atoms in total. The lowest BCUT2D eigenvalue weighted by Crippen LogP contribution is -2.17. The van der Waals surface area contributed by atoms with E-state index in [1.165, 1.54) is 6.07 Å². The number of nitrogens with two attached hydrogens (primary N) is 1. The fraction of sp³-hybridized carbons (Fsp3) is 0.278. The predicted molar refractivity (Wildman–Crippen MR) is 95.9 cm³/mol. The Hall–Kier alpha value is -3.29. The standard InChI is InChI=1S/C18H18N6O2/c1-9-15-11(8-13(10-6-7-10)21-17(15)24(2)23-9)18(26)22-14-5-3-4-12(20-14)16(19)25/h3-5,8,10H,6-7H2,1-2H3,(H2,19,25)(H,20,22,26). The monoisotopic (exact) mass is 350 g/mol. The van der Waals surface area contributed by atoms with E-state index in [1.807, 2.05) is 20.0 Å². The molecule has 0 saturated heterocycles. The summed E-state index contributed by atoms with van der Waals surface area (Å²) in [5, 5.41) is 7.86. The van der Waals surface area contributed by atoms with Crippen molar-refractivity contribution in [2.24, 2.45) is 12.8 Å². The van der Waals surface area contributed by atoms with Crippen molar-refractivity contribution in [2.75, 3.05) is 5.32 Å². The maximum absolute atomic E-state index is 12.9. The third kappa shape index (κ3) is 2.79. The highest BCUT2D eigenvalue weighted by atomic mass is 16.2. The molecule has 0 atom stereocenters. The number of nitrogens with zero attached hydrogens (tertiary/aromatic N) is 4. The number of nitrogens with one attached hydrogen (secondary N) is 1. The number of pyridine rings is 2. The molecule has 0 aromatic carbocycles. The molecule has 2 amide bonds. The summed E-state index contributed by atoms with van der Waals surface area (Å²) in [4.78, 5) is 33.0. The van der Waals surface area contributed by atoms with Gasteiger partial charge in [0.25, 0.3) is 11.8 Å². The minimum absolute atomic E-state index is 0.0962. The number of anilines is 1. The number of amides is 2. The Balaban J connectivity index is 1.76. The van der Waals surface area contributed by atoms with Gasteiger partial charge in [-0.3, -0.25) is 14.3 Å². The molecule has 0 bridgehead atoms. The number of rotatable bonds is 4. The van der Waals surface area contributed by atoms with E-state index < -0.39 is 5.91 Å². The quantitative estimate of drug-likeness (QED) is 0.745. The average Bonchev–Trinajstić information content (AvgIpc) is 3.41. The minimum atomic E-state index is -0.647. The normalized spacial score (nSPS) is 13.8. The summed E-state index contributed by atoms with van der Waals surface area (Å²) in [7, 11) is 1.82. The fourth-order valence-electron chi connectivity index (χ4n) is 3.06. The van der Waals surface area contributed by atoms with Crippen LogP contribution < -0.4 is 11.1 Å². The van der Waals surface area contributed by atoms with E-state index >= 15 is 0 Å². The van der Waals surface area contributed by atoms with Crippen LogP contribution in [0.25, 0.3) is 11.0 Å². The Morgan fingerprint density at radius 3 is 2.73 bits per heavy atom. The summed E-state index contributed by atoms with van der Waals surface area (Å²) >= 11 is 0. The van der Waals surface area contributed by atoms with Crippen LogP contribution in [0, 0.1) is 6.92 Å². The van der Waals surface area contributed by atoms with E-state index in [1.54, 1.807) is 16.8 Å². The highest BCUT2D eigenvalue weighted by Crippen LogP contribution is 2.40. The van der Waals surface area contributed by atoms with Crippen molar-refractivity contribution < 1.29 is 9.59 Å². The summed E-state index contributed by atoms with van der Waals surface area (Å²) in [5.74, 6) is -0.292. The number of primary amides is 1. The second-order valence-corrected chi connectivity index (χ2v) is 6.50. The molecule has 1 aliphatic carbocycles. The zero-order valence-corrected chi connectivity index (χ0v) is 14.5. The van der Waals surface area contributed by atoms with Gasteiger partial charge in [0, 0.05) is 18.7 Å². The van der Waals surface area contributed by atoms with Crippen LogP contribution in [0.1, 0.15) is 51.0 Å². The first-order chi connectivity index (χ1) is 12.4. The van der Waals surface area contributed by atoms with Gasteiger partial charge in [-0.1, -0.05) is 6.07 Å². The molecule has 3 heterocycles. The molecule has 26 heavy (non-hydrogen) atoms. The highest BCUT2D eigenvalue weighted by molar-refractivity contribution is 6.12. The van der Waals surface area contributed by atoms with Gasteiger partial charge in [-0.15, -0.1) is 0 Å². The SMILES string of the molecule is Cc1nn(C)c2nc(C3CC3)cc(C(=O)Nc3cccc(C(N)=O)n3)c12. The van der Waals surface area contributed by atoms with Gasteiger partial charge in [-0.25, -0.2) is 9.97 Å². The maximum Gasteiger partial charge on any atom is 0.267 e. The van der Waals surface area contributed by atoms with E-state index in [-0.39, 0.29) is 17.4 Å². The Morgan fingerprint density at radius 2 is 2.04 bits per heavy atom. The van der Waals surface area contributed by atoms with E-state index in [4.69, 9.17) is 5.73 Å². The Bertz CT molecular complexity index is 1050. The Kier molecular flexibility index (Phi) is 3.68. The summed E-state index contributed by atoms with van der Waals surface area (Å²) < 4.78 is 1.69. The molecule has 4 rings (SSSR count). The number of aromatic nitrogens is 4. The van der Waals surface area contributed by atoms with Crippen LogP contribution in [0.15, 0.2) is 24.3 Å². The van der Waals surface area contributed by atoms with Crippen molar-refractivity contribution >= 4 is 28.7 Å².